The second kappa shape index (κ2) is 4.09. The number of aromatic nitrogens is 1. The van der Waals surface area contributed by atoms with Crippen LogP contribution in [0.1, 0.15) is 11.1 Å². The van der Waals surface area contributed by atoms with E-state index in [0.717, 1.165) is 5.56 Å². The van der Waals surface area contributed by atoms with Crippen molar-refractivity contribution in [2.75, 3.05) is 5.73 Å². The van der Waals surface area contributed by atoms with Crippen molar-refractivity contribution < 1.29 is 4.39 Å². The Kier molecular flexibility index (Phi) is 2.63. The Labute approximate surface area is 87.6 Å². The van der Waals surface area contributed by atoms with Crippen molar-refractivity contribution in [3.8, 4) is 0 Å². The van der Waals surface area contributed by atoms with Crippen molar-refractivity contribution in [1.29, 1.82) is 0 Å². The standard InChI is InChI=1S/C12H11FN2/c13-11-6-2-1-4-9(11)8-10-5-3-7-15-12(10)14/h1-7H,8H2,(H2,14,15). The molecule has 2 nitrogen and oxygen atoms in total. The first kappa shape index (κ1) is 9.65. The van der Waals surface area contributed by atoms with Crippen LogP contribution in [-0.2, 0) is 6.42 Å². The van der Waals surface area contributed by atoms with E-state index in [1.54, 1.807) is 24.4 Å². The van der Waals surface area contributed by atoms with Gasteiger partial charge in [0.15, 0.2) is 0 Å². The molecule has 0 bridgehead atoms. The fourth-order valence-corrected chi connectivity index (χ4v) is 1.45. The van der Waals surface area contributed by atoms with E-state index in [1.165, 1.54) is 6.07 Å². The lowest BCUT2D eigenvalue weighted by molar-refractivity contribution is 0.614. The molecule has 0 fully saturated rings. The molecule has 2 N–H and O–H groups in total. The molecular weight excluding hydrogens is 191 g/mol. The van der Waals surface area contributed by atoms with Gasteiger partial charge in [0.1, 0.15) is 11.6 Å². The van der Waals surface area contributed by atoms with Crippen LogP contribution in [0, 0.1) is 5.82 Å². The maximum absolute atomic E-state index is 13.3. The number of nitrogens with zero attached hydrogens (tertiary/aromatic N) is 1. The zero-order valence-corrected chi connectivity index (χ0v) is 8.15. The highest BCUT2D eigenvalue weighted by Crippen LogP contribution is 2.15. The van der Waals surface area contributed by atoms with Crippen molar-refractivity contribution >= 4 is 5.82 Å². The lowest BCUT2D eigenvalue weighted by atomic mass is 10.1. The predicted octanol–water partition coefficient (Wildman–Crippen LogP) is 2.39. The number of nitrogens with two attached hydrogens (primary N) is 1. The van der Waals surface area contributed by atoms with Crippen LogP contribution in [0.3, 0.4) is 0 Å². The summed E-state index contributed by atoms with van der Waals surface area (Å²) in [5.74, 6) is 0.251. The lowest BCUT2D eigenvalue weighted by Gasteiger charge is -2.05. The van der Waals surface area contributed by atoms with Crippen LogP contribution < -0.4 is 5.73 Å². The summed E-state index contributed by atoms with van der Waals surface area (Å²) < 4.78 is 13.3. The van der Waals surface area contributed by atoms with Crippen molar-refractivity contribution in [3.05, 3.63) is 59.5 Å². The molecule has 0 saturated heterocycles. The number of hydrogen-bond acceptors (Lipinski definition) is 2. The van der Waals surface area contributed by atoms with Crippen LogP contribution in [0.5, 0.6) is 0 Å². The Balaban J connectivity index is 2.30. The molecule has 0 aliphatic heterocycles. The number of anilines is 1. The molecule has 0 spiro atoms. The molecule has 1 heterocycles. The zero-order chi connectivity index (χ0) is 10.7. The minimum absolute atomic E-state index is 0.208. The normalized spacial score (nSPS) is 10.2. The van der Waals surface area contributed by atoms with Gasteiger partial charge in [-0.05, 0) is 23.3 Å². The molecular formula is C12H11FN2. The van der Waals surface area contributed by atoms with Gasteiger partial charge in [-0.15, -0.1) is 0 Å². The summed E-state index contributed by atoms with van der Waals surface area (Å²) in [7, 11) is 0. The first-order valence-corrected chi connectivity index (χ1v) is 4.70. The van der Waals surface area contributed by atoms with Gasteiger partial charge in [-0.1, -0.05) is 24.3 Å². The number of pyridine rings is 1. The Morgan fingerprint density at radius 2 is 1.80 bits per heavy atom. The van der Waals surface area contributed by atoms with Gasteiger partial charge in [-0.3, -0.25) is 0 Å². The molecule has 1 aromatic carbocycles. The molecule has 15 heavy (non-hydrogen) atoms. The number of halogens is 1. The lowest BCUT2D eigenvalue weighted by Crippen LogP contribution is -1.99. The van der Waals surface area contributed by atoms with E-state index in [9.17, 15) is 4.39 Å². The fraction of sp³-hybridized carbons (Fsp3) is 0.0833. The van der Waals surface area contributed by atoms with E-state index in [2.05, 4.69) is 4.98 Å². The highest BCUT2D eigenvalue weighted by Gasteiger charge is 2.04. The summed E-state index contributed by atoms with van der Waals surface area (Å²) in [6.07, 6.45) is 2.10. The summed E-state index contributed by atoms with van der Waals surface area (Å²) >= 11 is 0. The molecule has 3 heteroatoms. The fourth-order valence-electron chi connectivity index (χ4n) is 1.45. The Hall–Kier alpha value is -1.90. The van der Waals surface area contributed by atoms with Crippen molar-refractivity contribution in [2.45, 2.75) is 6.42 Å². The molecule has 1 aromatic heterocycles. The van der Waals surface area contributed by atoms with Gasteiger partial charge in [-0.2, -0.15) is 0 Å². The van der Waals surface area contributed by atoms with E-state index >= 15 is 0 Å². The molecule has 0 aliphatic carbocycles. The van der Waals surface area contributed by atoms with Crippen LogP contribution in [0.2, 0.25) is 0 Å². The van der Waals surface area contributed by atoms with Gasteiger partial charge < -0.3 is 5.73 Å². The second-order valence-electron chi connectivity index (χ2n) is 3.32. The first-order valence-electron chi connectivity index (χ1n) is 4.70. The van der Waals surface area contributed by atoms with Crippen molar-refractivity contribution in [3.63, 3.8) is 0 Å². The molecule has 0 amide bonds. The quantitative estimate of drug-likeness (QED) is 0.812. The van der Waals surface area contributed by atoms with Crippen molar-refractivity contribution in [2.24, 2.45) is 0 Å². The SMILES string of the molecule is Nc1ncccc1Cc1ccccc1F. The zero-order valence-electron chi connectivity index (χ0n) is 8.15. The second-order valence-corrected chi connectivity index (χ2v) is 3.32. The van der Waals surface area contributed by atoms with Crippen LogP contribution in [-0.4, -0.2) is 4.98 Å². The van der Waals surface area contributed by atoms with E-state index < -0.39 is 0 Å². The molecule has 0 aliphatic rings. The van der Waals surface area contributed by atoms with Gasteiger partial charge in [-0.25, -0.2) is 9.37 Å². The predicted molar refractivity (Wildman–Crippen MR) is 57.9 cm³/mol. The minimum atomic E-state index is -0.208. The van der Waals surface area contributed by atoms with Gasteiger partial charge in [0.2, 0.25) is 0 Å². The van der Waals surface area contributed by atoms with E-state index in [-0.39, 0.29) is 5.82 Å². The third-order valence-corrected chi connectivity index (χ3v) is 2.26. The number of rotatable bonds is 2. The van der Waals surface area contributed by atoms with E-state index in [0.29, 0.717) is 17.8 Å². The van der Waals surface area contributed by atoms with Crippen LogP contribution >= 0.6 is 0 Å². The third-order valence-electron chi connectivity index (χ3n) is 2.26. The number of benzene rings is 1. The molecule has 0 radical (unpaired) electrons. The summed E-state index contributed by atoms with van der Waals surface area (Å²) in [5.41, 5.74) is 7.17. The molecule has 0 atom stereocenters. The molecule has 2 rings (SSSR count). The maximum atomic E-state index is 13.3. The molecule has 0 unspecified atom stereocenters. The van der Waals surface area contributed by atoms with Crippen molar-refractivity contribution in [1.82, 2.24) is 4.98 Å². The molecule has 0 saturated carbocycles. The van der Waals surface area contributed by atoms with E-state index in [4.69, 9.17) is 5.73 Å². The third kappa shape index (κ3) is 2.13. The highest BCUT2D eigenvalue weighted by atomic mass is 19.1. The summed E-state index contributed by atoms with van der Waals surface area (Å²) in [4.78, 5) is 3.96. The van der Waals surface area contributed by atoms with Gasteiger partial charge >= 0.3 is 0 Å². The van der Waals surface area contributed by atoms with Gasteiger partial charge in [0.25, 0.3) is 0 Å². The summed E-state index contributed by atoms with van der Waals surface area (Å²) in [5, 5.41) is 0. The monoisotopic (exact) mass is 202 g/mol. The Morgan fingerprint density at radius 3 is 2.53 bits per heavy atom. The first-order chi connectivity index (χ1) is 7.27. The largest absolute Gasteiger partial charge is 0.383 e. The summed E-state index contributed by atoms with van der Waals surface area (Å²) in [6.45, 7) is 0. The smallest absolute Gasteiger partial charge is 0.126 e. The molecule has 2 aromatic rings. The van der Waals surface area contributed by atoms with Crippen LogP contribution in [0.25, 0.3) is 0 Å². The highest BCUT2D eigenvalue weighted by molar-refractivity contribution is 5.41. The Morgan fingerprint density at radius 1 is 1.07 bits per heavy atom. The summed E-state index contributed by atoms with van der Waals surface area (Å²) in [6, 6.07) is 10.3. The average molecular weight is 202 g/mol. The molecule has 76 valence electrons. The Bertz CT molecular complexity index is 425. The number of nitrogen functional groups attached to an aromatic ring is 1. The van der Waals surface area contributed by atoms with Crippen LogP contribution in [0.15, 0.2) is 42.6 Å². The van der Waals surface area contributed by atoms with Gasteiger partial charge in [0, 0.05) is 12.6 Å². The topological polar surface area (TPSA) is 38.9 Å². The van der Waals surface area contributed by atoms with Crippen LogP contribution in [0.4, 0.5) is 10.2 Å². The average Bonchev–Trinajstić information content (AvgIpc) is 2.24. The van der Waals surface area contributed by atoms with E-state index in [1.807, 2.05) is 12.1 Å². The maximum Gasteiger partial charge on any atom is 0.126 e. The minimum Gasteiger partial charge on any atom is -0.383 e. The number of hydrogen-bond donors (Lipinski definition) is 1. The van der Waals surface area contributed by atoms with Gasteiger partial charge in [0.05, 0.1) is 0 Å².